The Bertz CT molecular complexity index is 730. The standard InChI is InChI=1S/C15H19ClFN3O4/c1-8-7-10(18-3)19-14(23)20(8)13-15(16,5-4-6-17)12(22)11(24-13)9(2)21/h7,9,11-13,21-22H,6H2,1-3H3,(H,18,19,23)/t9-,11?,12+,13?,15?/m1/s1. The van der Waals surface area contributed by atoms with Gasteiger partial charge in [-0.25, -0.2) is 9.18 Å². The summed E-state index contributed by atoms with van der Waals surface area (Å²) < 4.78 is 19.2. The molecule has 5 atom stereocenters. The molecule has 0 spiro atoms. The molecule has 1 fully saturated rings. The molecule has 1 saturated heterocycles. The van der Waals surface area contributed by atoms with Crippen molar-refractivity contribution in [2.75, 3.05) is 19.0 Å². The number of rotatable bonds is 3. The molecule has 3 N–H and O–H groups in total. The lowest BCUT2D eigenvalue weighted by atomic mass is 9.96. The molecule has 0 bridgehead atoms. The molecule has 132 valence electrons. The third kappa shape index (κ3) is 3.13. The summed E-state index contributed by atoms with van der Waals surface area (Å²) in [5.41, 5.74) is -0.218. The molecule has 0 aliphatic carbocycles. The van der Waals surface area contributed by atoms with Crippen molar-refractivity contribution in [1.82, 2.24) is 9.55 Å². The van der Waals surface area contributed by atoms with Crippen molar-refractivity contribution in [1.29, 1.82) is 0 Å². The number of aromatic nitrogens is 2. The van der Waals surface area contributed by atoms with Crippen molar-refractivity contribution >= 4 is 17.4 Å². The van der Waals surface area contributed by atoms with Gasteiger partial charge in [0, 0.05) is 18.8 Å². The molecule has 0 aromatic carbocycles. The molecule has 0 radical (unpaired) electrons. The Morgan fingerprint density at radius 2 is 2.33 bits per heavy atom. The number of hydrogen-bond acceptors (Lipinski definition) is 6. The highest BCUT2D eigenvalue weighted by molar-refractivity contribution is 6.27. The van der Waals surface area contributed by atoms with Crippen LogP contribution in [0.5, 0.6) is 0 Å². The van der Waals surface area contributed by atoms with E-state index in [9.17, 15) is 19.4 Å². The predicted octanol–water partition coefficient (Wildman–Crippen LogP) is 0.183. The van der Waals surface area contributed by atoms with Crippen LogP contribution in [0.4, 0.5) is 10.2 Å². The Kier molecular flexibility index (Phi) is 5.50. The van der Waals surface area contributed by atoms with Crippen LogP contribution >= 0.6 is 11.6 Å². The zero-order valence-electron chi connectivity index (χ0n) is 13.5. The molecule has 1 aliphatic rings. The van der Waals surface area contributed by atoms with Crippen LogP contribution < -0.4 is 11.0 Å². The van der Waals surface area contributed by atoms with Gasteiger partial charge in [0.25, 0.3) is 0 Å². The highest BCUT2D eigenvalue weighted by Gasteiger charge is 2.57. The molecule has 9 heteroatoms. The van der Waals surface area contributed by atoms with E-state index in [2.05, 4.69) is 22.1 Å². The second-order valence-corrected chi connectivity index (χ2v) is 6.15. The van der Waals surface area contributed by atoms with Crippen LogP contribution in [0.2, 0.25) is 0 Å². The third-order valence-corrected chi connectivity index (χ3v) is 4.35. The average Bonchev–Trinajstić information content (AvgIpc) is 2.78. The molecule has 0 saturated carbocycles. The first-order chi connectivity index (χ1) is 11.3. The van der Waals surface area contributed by atoms with Gasteiger partial charge in [-0.2, -0.15) is 4.98 Å². The van der Waals surface area contributed by atoms with Crippen LogP contribution in [0.3, 0.4) is 0 Å². The highest BCUT2D eigenvalue weighted by Crippen LogP contribution is 2.44. The van der Waals surface area contributed by atoms with E-state index in [4.69, 9.17) is 16.3 Å². The molecule has 2 rings (SSSR count). The maximum Gasteiger partial charge on any atom is 0.351 e. The first kappa shape index (κ1) is 18.7. The van der Waals surface area contributed by atoms with Gasteiger partial charge < -0.3 is 20.3 Å². The summed E-state index contributed by atoms with van der Waals surface area (Å²) in [5, 5.41) is 23.0. The number of anilines is 1. The number of alkyl halides is 2. The summed E-state index contributed by atoms with van der Waals surface area (Å²) in [7, 11) is 1.61. The number of aliphatic hydroxyl groups excluding tert-OH is 2. The normalized spacial score (nSPS) is 30.5. The quantitative estimate of drug-likeness (QED) is 0.526. The van der Waals surface area contributed by atoms with Crippen molar-refractivity contribution in [2.45, 2.75) is 43.3 Å². The molecule has 7 nitrogen and oxygen atoms in total. The molecule has 24 heavy (non-hydrogen) atoms. The smallest absolute Gasteiger partial charge is 0.351 e. The third-order valence-electron chi connectivity index (χ3n) is 3.85. The SMILES string of the molecule is CNc1cc(C)n(C2OC([C@@H](C)O)[C@H](O)C2(Cl)C#CCF)c(=O)n1. The molecule has 2 heterocycles. The number of aliphatic hydroxyl groups is 2. The lowest BCUT2D eigenvalue weighted by Gasteiger charge is -2.27. The van der Waals surface area contributed by atoms with Gasteiger partial charge in [-0.05, 0) is 13.8 Å². The fraction of sp³-hybridized carbons (Fsp3) is 0.600. The van der Waals surface area contributed by atoms with E-state index < -0.39 is 41.8 Å². The van der Waals surface area contributed by atoms with Gasteiger partial charge >= 0.3 is 5.69 Å². The van der Waals surface area contributed by atoms with Gasteiger partial charge in [0.1, 0.15) is 24.7 Å². The minimum atomic E-state index is -1.80. The van der Waals surface area contributed by atoms with E-state index in [1.807, 2.05) is 0 Å². The van der Waals surface area contributed by atoms with Gasteiger partial charge in [-0.1, -0.05) is 23.4 Å². The summed E-state index contributed by atoms with van der Waals surface area (Å²) in [6.07, 6.45) is -4.83. The summed E-state index contributed by atoms with van der Waals surface area (Å²) in [5.74, 6) is 4.94. The van der Waals surface area contributed by atoms with Gasteiger partial charge in [0.2, 0.25) is 0 Å². The molecule has 1 aliphatic heterocycles. The van der Waals surface area contributed by atoms with Gasteiger partial charge in [-0.3, -0.25) is 4.57 Å². The minimum Gasteiger partial charge on any atom is -0.391 e. The first-order valence-electron chi connectivity index (χ1n) is 7.30. The van der Waals surface area contributed by atoms with Crippen molar-refractivity contribution in [2.24, 2.45) is 0 Å². The Labute approximate surface area is 143 Å². The zero-order chi connectivity index (χ0) is 18.1. The lowest BCUT2D eigenvalue weighted by Crippen LogP contribution is -2.45. The Balaban J connectivity index is 2.60. The topological polar surface area (TPSA) is 96.6 Å². The summed E-state index contributed by atoms with van der Waals surface area (Å²) in [6, 6.07) is 1.59. The number of ether oxygens (including phenoxy) is 1. The molecular formula is C15H19ClFN3O4. The number of aryl methyl sites for hydroxylation is 1. The van der Waals surface area contributed by atoms with E-state index in [0.717, 1.165) is 4.57 Å². The lowest BCUT2D eigenvalue weighted by molar-refractivity contribution is -0.0777. The number of nitrogens with one attached hydrogen (secondary N) is 1. The second-order valence-electron chi connectivity index (χ2n) is 5.53. The summed E-state index contributed by atoms with van der Waals surface area (Å²) in [6.45, 7) is 2.07. The first-order valence-corrected chi connectivity index (χ1v) is 7.68. The van der Waals surface area contributed by atoms with Crippen molar-refractivity contribution in [3.05, 3.63) is 22.2 Å². The van der Waals surface area contributed by atoms with Crippen LogP contribution in [0, 0.1) is 18.8 Å². The van der Waals surface area contributed by atoms with Crippen LogP contribution in [-0.4, -0.2) is 56.7 Å². The van der Waals surface area contributed by atoms with Crippen molar-refractivity contribution < 1.29 is 19.3 Å². The zero-order valence-corrected chi connectivity index (χ0v) is 14.2. The van der Waals surface area contributed by atoms with Crippen molar-refractivity contribution in [3.8, 4) is 11.8 Å². The number of hydrogen-bond donors (Lipinski definition) is 3. The number of halogens is 2. The molecule has 1 aromatic heterocycles. The van der Waals surface area contributed by atoms with Crippen LogP contribution in [0.25, 0.3) is 0 Å². The fourth-order valence-corrected chi connectivity index (χ4v) is 3.00. The maximum absolute atomic E-state index is 12.5. The molecule has 0 amide bonds. The minimum absolute atomic E-state index is 0.356. The average molecular weight is 360 g/mol. The summed E-state index contributed by atoms with van der Waals surface area (Å²) >= 11 is 6.43. The van der Waals surface area contributed by atoms with E-state index in [-0.39, 0.29) is 0 Å². The monoisotopic (exact) mass is 359 g/mol. The fourth-order valence-electron chi connectivity index (χ4n) is 2.66. The van der Waals surface area contributed by atoms with Crippen LogP contribution in [-0.2, 0) is 4.74 Å². The summed E-state index contributed by atoms with van der Waals surface area (Å²) in [4.78, 5) is 14.4. The maximum atomic E-state index is 12.5. The van der Waals surface area contributed by atoms with Crippen molar-refractivity contribution in [3.63, 3.8) is 0 Å². The van der Waals surface area contributed by atoms with E-state index >= 15 is 0 Å². The Morgan fingerprint density at radius 3 is 2.83 bits per heavy atom. The highest BCUT2D eigenvalue weighted by atomic mass is 35.5. The Morgan fingerprint density at radius 1 is 1.67 bits per heavy atom. The van der Waals surface area contributed by atoms with Gasteiger partial charge in [0.15, 0.2) is 11.1 Å². The van der Waals surface area contributed by atoms with Crippen LogP contribution in [0.15, 0.2) is 10.9 Å². The molecule has 3 unspecified atom stereocenters. The molecular weight excluding hydrogens is 341 g/mol. The van der Waals surface area contributed by atoms with Crippen LogP contribution in [0.1, 0.15) is 18.8 Å². The van der Waals surface area contributed by atoms with Gasteiger partial charge in [0.05, 0.1) is 6.10 Å². The van der Waals surface area contributed by atoms with E-state index in [1.54, 1.807) is 20.0 Å². The Hall–Kier alpha value is -1.66. The van der Waals surface area contributed by atoms with Gasteiger partial charge in [-0.15, -0.1) is 0 Å². The largest absolute Gasteiger partial charge is 0.391 e. The molecule has 1 aromatic rings. The van der Waals surface area contributed by atoms with E-state index in [1.165, 1.54) is 6.92 Å². The van der Waals surface area contributed by atoms with E-state index in [0.29, 0.717) is 11.5 Å². The second kappa shape index (κ2) is 7.07. The predicted molar refractivity (Wildman–Crippen MR) is 86.7 cm³/mol. The number of nitrogens with zero attached hydrogens (tertiary/aromatic N) is 2.